The molecular weight excluding hydrogens is 366 g/mol. The van der Waals surface area contributed by atoms with Crippen molar-refractivity contribution < 1.29 is 19.2 Å². The molecule has 2 N–H and O–H groups in total. The summed E-state index contributed by atoms with van der Waals surface area (Å²) in [4.78, 5) is 31.9. The normalized spacial score (nSPS) is 15.4. The third-order valence-corrected chi connectivity index (χ3v) is 5.33. The second-order valence-corrected chi connectivity index (χ2v) is 7.51. The van der Waals surface area contributed by atoms with Crippen LogP contribution < -0.4 is 4.90 Å². The summed E-state index contributed by atoms with van der Waals surface area (Å²) in [6.07, 6.45) is 0. The number of aromatic amines is 1. The van der Waals surface area contributed by atoms with Crippen molar-refractivity contribution in [3.63, 3.8) is 0 Å². The van der Waals surface area contributed by atoms with Gasteiger partial charge < -0.3 is 19.5 Å². The minimum absolute atomic E-state index is 0.0357. The second-order valence-electron chi connectivity index (χ2n) is 7.51. The van der Waals surface area contributed by atoms with Crippen molar-refractivity contribution in [3.05, 3.63) is 60.2 Å². The minimum Gasteiger partial charge on any atom is -0.378 e. The lowest BCUT2D eigenvalue weighted by Crippen LogP contribution is -3.11. The van der Waals surface area contributed by atoms with Crippen LogP contribution in [0.1, 0.15) is 10.4 Å². The lowest BCUT2D eigenvalue weighted by molar-refractivity contribution is -0.862. The Morgan fingerprint density at radius 1 is 1.00 bits per heavy atom. The number of hydrogen-bond acceptors (Lipinski definition) is 3. The monoisotopic (exact) mass is 392 g/mol. The minimum atomic E-state index is 0.0357. The zero-order chi connectivity index (χ0) is 20.2. The zero-order valence-corrected chi connectivity index (χ0v) is 16.6. The molecular formula is C23H26N3O3+. The molecule has 0 saturated carbocycles. The largest absolute Gasteiger partial charge is 0.378 e. The summed E-state index contributed by atoms with van der Waals surface area (Å²) in [7, 11) is 1.90. The van der Waals surface area contributed by atoms with E-state index in [1.165, 1.54) is 0 Å². The number of nitrogens with one attached hydrogen (secondary N) is 2. The maximum atomic E-state index is 13.3. The van der Waals surface area contributed by atoms with Crippen molar-refractivity contribution in [2.75, 3.05) is 46.4 Å². The highest BCUT2D eigenvalue weighted by atomic mass is 16.5. The smallest absolute Gasteiger partial charge is 0.277 e. The van der Waals surface area contributed by atoms with Gasteiger partial charge in [-0.3, -0.25) is 9.59 Å². The van der Waals surface area contributed by atoms with Crippen molar-refractivity contribution in [2.24, 2.45) is 0 Å². The quantitative estimate of drug-likeness (QED) is 0.623. The van der Waals surface area contributed by atoms with Gasteiger partial charge in [0, 0.05) is 24.0 Å². The van der Waals surface area contributed by atoms with E-state index in [0.717, 1.165) is 27.1 Å². The van der Waals surface area contributed by atoms with E-state index in [1.54, 1.807) is 0 Å². The highest BCUT2D eigenvalue weighted by Gasteiger charge is 2.25. The Balaban J connectivity index is 1.55. The van der Waals surface area contributed by atoms with Gasteiger partial charge in [-0.15, -0.1) is 0 Å². The first-order valence-electron chi connectivity index (χ1n) is 9.99. The highest BCUT2D eigenvalue weighted by Crippen LogP contribution is 2.30. The summed E-state index contributed by atoms with van der Waals surface area (Å²) in [6, 6.07) is 17.8. The van der Waals surface area contributed by atoms with Gasteiger partial charge in [-0.2, -0.15) is 0 Å². The van der Waals surface area contributed by atoms with Gasteiger partial charge in [0.05, 0.1) is 31.5 Å². The maximum absolute atomic E-state index is 13.3. The summed E-state index contributed by atoms with van der Waals surface area (Å²) in [5.41, 5.74) is 3.46. The van der Waals surface area contributed by atoms with Crippen LogP contribution in [0.5, 0.6) is 0 Å². The molecule has 1 aliphatic rings. The molecule has 1 saturated heterocycles. The number of morpholine rings is 1. The predicted molar refractivity (Wildman–Crippen MR) is 112 cm³/mol. The summed E-state index contributed by atoms with van der Waals surface area (Å²) in [5.74, 6) is 0.106. The lowest BCUT2D eigenvalue weighted by Gasteiger charge is -2.27. The number of carbonyl (C=O) groups is 2. The van der Waals surface area contributed by atoms with Gasteiger partial charge in [0.25, 0.3) is 5.91 Å². The standard InChI is InChI=1S/C23H25N3O3/c1-25(16-21(28)26-11-13-29-14-12-26)15-20(27)22-18-9-5-6-10-19(18)24-23(22)17-7-3-2-4-8-17/h2-10,24H,11-16H2,1H3/p+1. The Bertz CT molecular complexity index is 1010. The molecule has 1 atom stereocenters. The number of quaternary nitrogens is 1. The Labute approximate surface area is 170 Å². The number of nitrogens with zero attached hydrogens (tertiary/aromatic N) is 1. The molecule has 0 bridgehead atoms. The van der Waals surface area contributed by atoms with E-state index >= 15 is 0 Å². The fourth-order valence-corrected chi connectivity index (χ4v) is 3.86. The number of carbonyl (C=O) groups excluding carboxylic acids is 2. The average Bonchev–Trinajstić information content (AvgIpc) is 3.14. The Morgan fingerprint density at radius 3 is 2.45 bits per heavy atom. The molecule has 0 spiro atoms. The van der Waals surface area contributed by atoms with Crippen LogP contribution in [0.4, 0.5) is 0 Å². The number of likely N-dealkylation sites (N-methyl/N-ethyl adjacent to an activating group) is 1. The number of Topliss-reactive ketones (excluding diaryl/α,β-unsaturated/α-hetero) is 1. The molecule has 0 aliphatic carbocycles. The van der Waals surface area contributed by atoms with E-state index in [9.17, 15) is 9.59 Å². The Kier molecular flexibility index (Phi) is 5.74. The maximum Gasteiger partial charge on any atom is 0.277 e. The van der Waals surface area contributed by atoms with E-state index in [2.05, 4.69) is 4.98 Å². The molecule has 1 amide bonds. The number of fused-ring (bicyclic) bond motifs is 1. The third-order valence-electron chi connectivity index (χ3n) is 5.33. The first-order valence-corrected chi connectivity index (χ1v) is 9.99. The van der Waals surface area contributed by atoms with Crippen molar-refractivity contribution in [2.45, 2.75) is 0 Å². The number of hydrogen-bond donors (Lipinski definition) is 2. The molecule has 1 aromatic heterocycles. The topological polar surface area (TPSA) is 66.8 Å². The SMILES string of the molecule is C[NH+](CC(=O)c1c(-c2ccccc2)[nH]c2ccccc12)CC(=O)N1CCOCC1. The van der Waals surface area contributed by atoms with Crippen molar-refractivity contribution in [3.8, 4) is 11.3 Å². The van der Waals surface area contributed by atoms with Gasteiger partial charge in [-0.1, -0.05) is 48.5 Å². The molecule has 150 valence electrons. The van der Waals surface area contributed by atoms with E-state index in [1.807, 2.05) is 66.5 Å². The first-order chi connectivity index (χ1) is 14.1. The summed E-state index contributed by atoms with van der Waals surface area (Å²) < 4.78 is 5.31. The molecule has 1 unspecified atom stereocenters. The van der Waals surface area contributed by atoms with E-state index in [4.69, 9.17) is 4.74 Å². The molecule has 29 heavy (non-hydrogen) atoms. The fraction of sp³-hybridized carbons (Fsp3) is 0.304. The molecule has 2 aromatic carbocycles. The number of benzene rings is 2. The number of ether oxygens (including phenoxy) is 1. The zero-order valence-electron chi connectivity index (χ0n) is 16.6. The van der Waals surface area contributed by atoms with Gasteiger partial charge in [0.2, 0.25) is 5.78 Å². The van der Waals surface area contributed by atoms with Crippen molar-refractivity contribution in [1.29, 1.82) is 0 Å². The fourth-order valence-electron chi connectivity index (χ4n) is 3.86. The molecule has 6 nitrogen and oxygen atoms in total. The van der Waals surface area contributed by atoms with Crippen molar-refractivity contribution in [1.82, 2.24) is 9.88 Å². The summed E-state index contributed by atoms with van der Waals surface area (Å²) in [5, 5.41) is 0.920. The van der Waals surface area contributed by atoms with Crippen molar-refractivity contribution >= 4 is 22.6 Å². The Hall–Kier alpha value is -2.96. The highest BCUT2D eigenvalue weighted by molar-refractivity contribution is 6.13. The van der Waals surface area contributed by atoms with Crippen LogP contribution >= 0.6 is 0 Å². The molecule has 3 aromatic rings. The van der Waals surface area contributed by atoms with Gasteiger partial charge in [-0.05, 0) is 11.6 Å². The average molecular weight is 392 g/mol. The molecule has 1 fully saturated rings. The molecule has 4 rings (SSSR count). The summed E-state index contributed by atoms with van der Waals surface area (Å²) in [6.45, 7) is 2.98. The first kappa shape index (κ1) is 19.4. The summed E-state index contributed by atoms with van der Waals surface area (Å²) >= 11 is 0. The van der Waals surface area contributed by atoms with Crippen LogP contribution in [0.2, 0.25) is 0 Å². The van der Waals surface area contributed by atoms with E-state index < -0.39 is 0 Å². The third kappa shape index (κ3) is 4.23. The number of para-hydroxylation sites is 1. The molecule has 2 heterocycles. The molecule has 6 heteroatoms. The van der Waals surface area contributed by atoms with Crippen LogP contribution in [0, 0.1) is 0 Å². The van der Waals surface area contributed by atoms with Crippen LogP contribution in [0.3, 0.4) is 0 Å². The van der Waals surface area contributed by atoms with Crippen LogP contribution in [0.25, 0.3) is 22.2 Å². The Morgan fingerprint density at radius 2 is 1.69 bits per heavy atom. The van der Waals surface area contributed by atoms with Gasteiger partial charge >= 0.3 is 0 Å². The van der Waals surface area contributed by atoms with Gasteiger partial charge in [0.15, 0.2) is 6.54 Å². The van der Waals surface area contributed by atoms with Gasteiger partial charge in [0.1, 0.15) is 6.54 Å². The van der Waals surface area contributed by atoms with Crippen LogP contribution in [0.15, 0.2) is 54.6 Å². The lowest BCUT2D eigenvalue weighted by atomic mass is 10.0. The predicted octanol–water partition coefficient (Wildman–Crippen LogP) is 1.39. The number of aromatic nitrogens is 1. The second kappa shape index (κ2) is 8.59. The number of amides is 1. The van der Waals surface area contributed by atoms with Crippen LogP contribution in [-0.4, -0.2) is 68.0 Å². The number of H-pyrrole nitrogens is 1. The van der Waals surface area contributed by atoms with E-state index in [-0.39, 0.29) is 18.2 Å². The number of rotatable bonds is 6. The molecule has 1 aliphatic heterocycles. The molecule has 0 radical (unpaired) electrons. The number of ketones is 1. The van der Waals surface area contributed by atoms with Crippen LogP contribution in [-0.2, 0) is 9.53 Å². The van der Waals surface area contributed by atoms with E-state index in [0.29, 0.717) is 38.4 Å². The van der Waals surface area contributed by atoms with Gasteiger partial charge in [-0.25, -0.2) is 0 Å².